The van der Waals surface area contributed by atoms with Crippen molar-refractivity contribution >= 4 is 23.2 Å². The molecule has 0 spiro atoms. The molecule has 31 heavy (non-hydrogen) atoms. The van der Waals surface area contributed by atoms with Crippen LogP contribution in [0.25, 0.3) is 6.08 Å². The minimum absolute atomic E-state index is 0.000941. The summed E-state index contributed by atoms with van der Waals surface area (Å²) >= 11 is 0. The number of benzene rings is 2. The SMILES string of the molecule is N#CC1(C#N)[C@@H]2C=Cc3ccccc3N2[C@H](C(=O)C2CC2)[C@@H]1c1cccc([N+](=O)[O-])c1. The number of carbonyl (C=O) groups is 1. The highest BCUT2D eigenvalue weighted by atomic mass is 16.6. The molecule has 2 aromatic rings. The van der Waals surface area contributed by atoms with Gasteiger partial charge < -0.3 is 4.90 Å². The number of hydrogen-bond donors (Lipinski definition) is 0. The van der Waals surface area contributed by atoms with Crippen molar-refractivity contribution in [2.45, 2.75) is 30.8 Å². The van der Waals surface area contributed by atoms with E-state index in [1.54, 1.807) is 12.1 Å². The van der Waals surface area contributed by atoms with Gasteiger partial charge in [0, 0.05) is 29.7 Å². The van der Waals surface area contributed by atoms with Gasteiger partial charge in [0.2, 0.25) is 0 Å². The van der Waals surface area contributed by atoms with Crippen LogP contribution >= 0.6 is 0 Å². The molecule has 0 radical (unpaired) electrons. The first-order valence-electron chi connectivity index (χ1n) is 10.2. The lowest BCUT2D eigenvalue weighted by molar-refractivity contribution is -0.384. The molecule has 1 saturated carbocycles. The first-order valence-corrected chi connectivity index (χ1v) is 10.2. The second kappa shape index (κ2) is 6.78. The molecular formula is C24H18N4O3. The zero-order valence-electron chi connectivity index (χ0n) is 16.5. The summed E-state index contributed by atoms with van der Waals surface area (Å²) in [6.45, 7) is 0. The number of nitrogens with zero attached hydrogens (tertiary/aromatic N) is 4. The molecule has 0 amide bonds. The van der Waals surface area contributed by atoms with Gasteiger partial charge in [-0.15, -0.1) is 0 Å². The third kappa shape index (κ3) is 2.67. The molecule has 1 saturated heterocycles. The molecule has 0 N–H and O–H groups in total. The molecular weight excluding hydrogens is 392 g/mol. The Balaban J connectivity index is 1.77. The summed E-state index contributed by atoms with van der Waals surface area (Å²) in [5, 5.41) is 32.0. The summed E-state index contributed by atoms with van der Waals surface area (Å²) in [6, 6.07) is 16.7. The number of hydrogen-bond acceptors (Lipinski definition) is 6. The van der Waals surface area contributed by atoms with E-state index in [1.807, 2.05) is 41.3 Å². The van der Waals surface area contributed by atoms with E-state index < -0.39 is 28.3 Å². The molecule has 7 nitrogen and oxygen atoms in total. The first-order chi connectivity index (χ1) is 15.0. The predicted molar refractivity (Wildman–Crippen MR) is 113 cm³/mol. The number of para-hydroxylation sites is 1. The Morgan fingerprint density at radius 2 is 1.87 bits per heavy atom. The molecule has 7 heteroatoms. The maximum absolute atomic E-state index is 13.6. The zero-order chi connectivity index (χ0) is 21.8. The molecule has 5 rings (SSSR count). The number of rotatable bonds is 4. The van der Waals surface area contributed by atoms with Crippen molar-refractivity contribution in [3.8, 4) is 12.1 Å². The lowest BCUT2D eigenvalue weighted by Gasteiger charge is -2.35. The van der Waals surface area contributed by atoms with Gasteiger partial charge in [-0.05, 0) is 30.0 Å². The number of nitro benzene ring substituents is 1. The molecule has 2 aromatic carbocycles. The smallest absolute Gasteiger partial charge is 0.269 e. The van der Waals surface area contributed by atoms with Crippen molar-refractivity contribution in [3.05, 3.63) is 75.8 Å². The van der Waals surface area contributed by atoms with E-state index in [0.29, 0.717) is 5.56 Å². The fourth-order valence-electron chi connectivity index (χ4n) is 5.07. The minimum atomic E-state index is -1.56. The molecule has 152 valence electrons. The van der Waals surface area contributed by atoms with Crippen LogP contribution in [0.4, 0.5) is 11.4 Å². The zero-order valence-corrected chi connectivity index (χ0v) is 16.5. The van der Waals surface area contributed by atoms with Crippen LogP contribution in [0.3, 0.4) is 0 Å². The Kier molecular flexibility index (Phi) is 4.16. The monoisotopic (exact) mass is 410 g/mol. The maximum Gasteiger partial charge on any atom is 0.269 e. The lowest BCUT2D eigenvalue weighted by Crippen LogP contribution is -2.44. The predicted octanol–water partition coefficient (Wildman–Crippen LogP) is 3.98. The summed E-state index contributed by atoms with van der Waals surface area (Å²) in [4.78, 5) is 26.4. The normalized spacial score (nSPS) is 25.1. The van der Waals surface area contributed by atoms with Crippen LogP contribution in [-0.2, 0) is 4.79 Å². The summed E-state index contributed by atoms with van der Waals surface area (Å²) in [5.74, 6) is -0.909. The van der Waals surface area contributed by atoms with E-state index >= 15 is 0 Å². The molecule has 0 aromatic heterocycles. The molecule has 0 unspecified atom stereocenters. The summed E-state index contributed by atoms with van der Waals surface area (Å²) < 4.78 is 0. The second-order valence-electron chi connectivity index (χ2n) is 8.31. The van der Waals surface area contributed by atoms with E-state index in [-0.39, 0.29) is 17.4 Å². The Morgan fingerprint density at radius 1 is 1.13 bits per heavy atom. The molecule has 3 aliphatic rings. The number of anilines is 1. The summed E-state index contributed by atoms with van der Waals surface area (Å²) in [6.07, 6.45) is 5.28. The van der Waals surface area contributed by atoms with Gasteiger partial charge in [-0.3, -0.25) is 14.9 Å². The van der Waals surface area contributed by atoms with Crippen molar-refractivity contribution in [2.75, 3.05) is 4.90 Å². The number of ketones is 1. The Morgan fingerprint density at radius 3 is 2.55 bits per heavy atom. The first kappa shape index (κ1) is 19.0. The number of nitriles is 2. The Labute approximate surface area is 179 Å². The molecule has 0 bridgehead atoms. The van der Waals surface area contributed by atoms with Gasteiger partial charge in [-0.1, -0.05) is 42.5 Å². The molecule has 1 aliphatic carbocycles. The molecule has 3 atom stereocenters. The second-order valence-corrected chi connectivity index (χ2v) is 8.31. The summed E-state index contributed by atoms with van der Waals surface area (Å²) in [5.41, 5.74) is 0.500. The Hall–Kier alpha value is -3.97. The highest BCUT2D eigenvalue weighted by molar-refractivity contribution is 5.95. The highest BCUT2D eigenvalue weighted by Crippen LogP contribution is 2.56. The van der Waals surface area contributed by atoms with E-state index in [2.05, 4.69) is 12.1 Å². The standard InChI is InChI=1S/C24H18N4O3/c25-13-24(14-26)20-11-10-15-4-1-2-7-19(15)27(20)22(23(29)16-8-9-16)21(24)17-5-3-6-18(12-17)28(30)31/h1-7,10-12,16,20-22H,8-9H2/t20-,21-,22-/m0/s1. The van der Waals surface area contributed by atoms with Crippen LogP contribution in [0.2, 0.25) is 0 Å². The number of Topliss-reactive ketones (excluding diaryl/α,β-unsaturated/α-hetero) is 1. The van der Waals surface area contributed by atoms with E-state index in [1.165, 1.54) is 12.1 Å². The Bertz CT molecular complexity index is 1200. The number of nitro groups is 1. The molecule has 2 heterocycles. The van der Waals surface area contributed by atoms with Gasteiger partial charge in [-0.25, -0.2) is 0 Å². The van der Waals surface area contributed by atoms with Crippen LogP contribution in [0.1, 0.15) is 29.9 Å². The van der Waals surface area contributed by atoms with Gasteiger partial charge in [-0.2, -0.15) is 10.5 Å². The van der Waals surface area contributed by atoms with Crippen molar-refractivity contribution in [1.82, 2.24) is 0 Å². The number of non-ortho nitro benzene ring substituents is 1. The van der Waals surface area contributed by atoms with Crippen molar-refractivity contribution in [2.24, 2.45) is 11.3 Å². The minimum Gasteiger partial charge on any atom is -0.351 e. The number of fused-ring (bicyclic) bond motifs is 3. The van der Waals surface area contributed by atoms with Crippen LogP contribution in [-0.4, -0.2) is 22.8 Å². The van der Waals surface area contributed by atoms with Crippen LogP contribution in [0.15, 0.2) is 54.6 Å². The van der Waals surface area contributed by atoms with Crippen LogP contribution in [0.5, 0.6) is 0 Å². The average molecular weight is 410 g/mol. The van der Waals surface area contributed by atoms with Crippen molar-refractivity contribution in [1.29, 1.82) is 10.5 Å². The third-order valence-corrected chi connectivity index (χ3v) is 6.63. The third-order valence-electron chi connectivity index (χ3n) is 6.63. The maximum atomic E-state index is 13.6. The lowest BCUT2D eigenvalue weighted by atomic mass is 9.69. The van der Waals surface area contributed by atoms with Gasteiger partial charge >= 0.3 is 0 Å². The van der Waals surface area contributed by atoms with Gasteiger partial charge in [0.1, 0.15) is 0 Å². The fourth-order valence-corrected chi connectivity index (χ4v) is 5.07. The highest BCUT2D eigenvalue weighted by Gasteiger charge is 2.64. The van der Waals surface area contributed by atoms with E-state index in [4.69, 9.17) is 0 Å². The van der Waals surface area contributed by atoms with Gasteiger partial charge in [0.15, 0.2) is 11.2 Å². The van der Waals surface area contributed by atoms with Crippen molar-refractivity contribution < 1.29 is 9.72 Å². The van der Waals surface area contributed by atoms with Crippen molar-refractivity contribution in [3.63, 3.8) is 0 Å². The quantitative estimate of drug-likeness (QED) is 0.557. The van der Waals surface area contributed by atoms with E-state index in [9.17, 15) is 25.4 Å². The van der Waals surface area contributed by atoms with E-state index in [0.717, 1.165) is 24.1 Å². The summed E-state index contributed by atoms with van der Waals surface area (Å²) in [7, 11) is 0. The fraction of sp³-hybridized carbons (Fsp3) is 0.292. The molecule has 2 aliphatic heterocycles. The topological polar surface area (TPSA) is 111 Å². The van der Waals surface area contributed by atoms with Crippen LogP contribution in [0, 0.1) is 44.1 Å². The average Bonchev–Trinajstić information content (AvgIpc) is 3.60. The van der Waals surface area contributed by atoms with Gasteiger partial charge in [0.25, 0.3) is 5.69 Å². The number of carbonyl (C=O) groups excluding carboxylic acids is 1. The molecule has 2 fully saturated rings. The largest absolute Gasteiger partial charge is 0.351 e. The van der Waals surface area contributed by atoms with Crippen LogP contribution < -0.4 is 4.90 Å². The van der Waals surface area contributed by atoms with Gasteiger partial charge in [0.05, 0.1) is 29.1 Å².